The van der Waals surface area contributed by atoms with Gasteiger partial charge in [-0.25, -0.2) is 4.98 Å². The standard InChI is InChI=1S/C21H19N3O3/c1-12-7-15-16(9-22-12)13(2)23-10-17(15)20-24-18-8-14(3-4-19(18)27-20)21(25)5-6-26-11-21/h3-4,7-10,25H,5-6,11H2,1-2H3. The molecule has 4 heterocycles. The number of nitrogens with zero attached hydrogens (tertiary/aromatic N) is 3. The van der Waals surface area contributed by atoms with Gasteiger partial charge in [-0.2, -0.15) is 0 Å². The van der Waals surface area contributed by atoms with Crippen LogP contribution in [0.2, 0.25) is 0 Å². The van der Waals surface area contributed by atoms with Crippen molar-refractivity contribution in [2.75, 3.05) is 13.2 Å². The van der Waals surface area contributed by atoms with Gasteiger partial charge in [0.05, 0.1) is 12.2 Å². The highest BCUT2D eigenvalue weighted by atomic mass is 16.5. The summed E-state index contributed by atoms with van der Waals surface area (Å²) in [4.78, 5) is 13.5. The second kappa shape index (κ2) is 5.84. The Hall–Kier alpha value is -2.83. The number of aliphatic hydroxyl groups is 1. The molecule has 0 aliphatic carbocycles. The Morgan fingerprint density at radius 2 is 1.96 bits per heavy atom. The van der Waals surface area contributed by atoms with Crippen LogP contribution in [0, 0.1) is 13.8 Å². The topological polar surface area (TPSA) is 81.3 Å². The minimum Gasteiger partial charge on any atom is -0.436 e. The Morgan fingerprint density at radius 3 is 2.78 bits per heavy atom. The number of rotatable bonds is 2. The monoisotopic (exact) mass is 361 g/mol. The fraction of sp³-hybridized carbons (Fsp3) is 0.286. The third kappa shape index (κ3) is 2.60. The molecule has 0 bridgehead atoms. The Labute approximate surface area is 155 Å². The van der Waals surface area contributed by atoms with E-state index in [0.29, 0.717) is 36.6 Å². The van der Waals surface area contributed by atoms with E-state index in [1.54, 1.807) is 6.20 Å². The van der Waals surface area contributed by atoms with Gasteiger partial charge in [-0.3, -0.25) is 9.97 Å². The molecule has 136 valence electrons. The molecule has 1 unspecified atom stereocenters. The molecule has 3 aromatic heterocycles. The number of fused-ring (bicyclic) bond motifs is 2. The Bertz CT molecular complexity index is 1180. The van der Waals surface area contributed by atoms with Gasteiger partial charge in [-0.15, -0.1) is 0 Å². The predicted octanol–water partition coefficient (Wildman–Crippen LogP) is 3.66. The van der Waals surface area contributed by atoms with Crippen molar-refractivity contribution in [3.8, 4) is 11.5 Å². The lowest BCUT2D eigenvalue weighted by molar-refractivity contribution is 0.0233. The van der Waals surface area contributed by atoms with Crippen molar-refractivity contribution < 1.29 is 14.3 Å². The molecule has 0 amide bonds. The summed E-state index contributed by atoms with van der Waals surface area (Å²) >= 11 is 0. The minimum absolute atomic E-state index is 0.308. The largest absolute Gasteiger partial charge is 0.436 e. The maximum Gasteiger partial charge on any atom is 0.229 e. The van der Waals surface area contributed by atoms with E-state index in [0.717, 1.165) is 33.3 Å². The van der Waals surface area contributed by atoms with Crippen LogP contribution in [-0.4, -0.2) is 33.3 Å². The third-order valence-electron chi connectivity index (χ3n) is 5.26. The van der Waals surface area contributed by atoms with E-state index in [1.165, 1.54) is 0 Å². The van der Waals surface area contributed by atoms with Crippen molar-refractivity contribution in [2.24, 2.45) is 0 Å². The number of aryl methyl sites for hydroxylation is 2. The van der Waals surface area contributed by atoms with Crippen molar-refractivity contribution in [3.05, 3.63) is 53.6 Å². The van der Waals surface area contributed by atoms with Gasteiger partial charge in [-0.05, 0) is 37.6 Å². The third-order valence-corrected chi connectivity index (χ3v) is 5.26. The highest BCUT2D eigenvalue weighted by Crippen LogP contribution is 2.35. The van der Waals surface area contributed by atoms with Crippen LogP contribution in [0.1, 0.15) is 23.4 Å². The van der Waals surface area contributed by atoms with E-state index >= 15 is 0 Å². The van der Waals surface area contributed by atoms with Gasteiger partial charge in [0, 0.05) is 47.6 Å². The highest BCUT2D eigenvalue weighted by molar-refractivity contribution is 5.96. The van der Waals surface area contributed by atoms with E-state index in [1.807, 2.05) is 44.3 Å². The van der Waals surface area contributed by atoms with Crippen molar-refractivity contribution in [3.63, 3.8) is 0 Å². The van der Waals surface area contributed by atoms with Gasteiger partial charge in [0.2, 0.25) is 5.89 Å². The number of pyridine rings is 2. The molecule has 1 saturated heterocycles. The van der Waals surface area contributed by atoms with E-state index in [2.05, 4.69) is 15.0 Å². The number of aromatic nitrogens is 3. The molecule has 1 aromatic carbocycles. The summed E-state index contributed by atoms with van der Waals surface area (Å²) in [7, 11) is 0. The smallest absolute Gasteiger partial charge is 0.229 e. The molecule has 6 heteroatoms. The van der Waals surface area contributed by atoms with Gasteiger partial charge in [0.15, 0.2) is 5.58 Å². The molecule has 0 radical (unpaired) electrons. The molecule has 1 aliphatic heterocycles. The van der Waals surface area contributed by atoms with Crippen molar-refractivity contribution in [1.29, 1.82) is 0 Å². The zero-order chi connectivity index (χ0) is 18.6. The Balaban J connectivity index is 1.67. The number of hydrogen-bond acceptors (Lipinski definition) is 6. The molecule has 1 N–H and O–H groups in total. The molecule has 5 rings (SSSR count). The summed E-state index contributed by atoms with van der Waals surface area (Å²) in [5, 5.41) is 12.8. The first-order chi connectivity index (χ1) is 13.0. The molecule has 1 fully saturated rings. The number of oxazole rings is 1. The lowest BCUT2D eigenvalue weighted by Crippen LogP contribution is -2.25. The van der Waals surface area contributed by atoms with E-state index in [4.69, 9.17) is 9.15 Å². The Kier molecular flexibility index (Phi) is 3.54. The van der Waals surface area contributed by atoms with Crippen LogP contribution in [0.25, 0.3) is 33.3 Å². The van der Waals surface area contributed by atoms with Crippen molar-refractivity contribution in [1.82, 2.24) is 15.0 Å². The van der Waals surface area contributed by atoms with E-state index in [-0.39, 0.29) is 0 Å². The highest BCUT2D eigenvalue weighted by Gasteiger charge is 2.34. The van der Waals surface area contributed by atoms with E-state index in [9.17, 15) is 5.11 Å². The first-order valence-electron chi connectivity index (χ1n) is 8.97. The maximum atomic E-state index is 10.7. The van der Waals surface area contributed by atoms with Crippen LogP contribution in [-0.2, 0) is 10.3 Å². The van der Waals surface area contributed by atoms with Crippen LogP contribution in [0.5, 0.6) is 0 Å². The number of ether oxygens (including phenoxy) is 1. The van der Waals surface area contributed by atoms with Gasteiger partial charge >= 0.3 is 0 Å². The summed E-state index contributed by atoms with van der Waals surface area (Å²) in [6.45, 7) is 4.79. The summed E-state index contributed by atoms with van der Waals surface area (Å²) in [5.74, 6) is 0.514. The summed E-state index contributed by atoms with van der Waals surface area (Å²) in [6, 6.07) is 7.64. The molecule has 4 aromatic rings. The molecular formula is C21H19N3O3. The van der Waals surface area contributed by atoms with Gasteiger partial charge < -0.3 is 14.3 Å². The second-order valence-electron chi connectivity index (χ2n) is 7.16. The van der Waals surface area contributed by atoms with Crippen LogP contribution < -0.4 is 0 Å². The Morgan fingerprint density at radius 1 is 1.07 bits per heavy atom. The second-order valence-corrected chi connectivity index (χ2v) is 7.16. The number of hydrogen-bond donors (Lipinski definition) is 1. The normalized spacial score (nSPS) is 20.0. The molecule has 1 atom stereocenters. The summed E-state index contributed by atoms with van der Waals surface area (Å²) in [5.41, 5.74) is 3.92. The maximum absolute atomic E-state index is 10.7. The molecule has 27 heavy (non-hydrogen) atoms. The molecule has 0 spiro atoms. The van der Waals surface area contributed by atoms with E-state index < -0.39 is 5.60 Å². The fourth-order valence-corrected chi connectivity index (χ4v) is 3.66. The quantitative estimate of drug-likeness (QED) is 0.587. The van der Waals surface area contributed by atoms with Crippen LogP contribution in [0.3, 0.4) is 0 Å². The first-order valence-corrected chi connectivity index (χ1v) is 8.97. The van der Waals surface area contributed by atoms with Gasteiger partial charge in [0.1, 0.15) is 11.1 Å². The average molecular weight is 361 g/mol. The van der Waals surface area contributed by atoms with Gasteiger partial charge in [0.25, 0.3) is 0 Å². The van der Waals surface area contributed by atoms with Gasteiger partial charge in [-0.1, -0.05) is 6.07 Å². The SMILES string of the molecule is Cc1cc2c(-c3nc4cc(C5(O)CCOC5)ccc4o3)cnc(C)c2cn1. The molecule has 0 saturated carbocycles. The molecule has 6 nitrogen and oxygen atoms in total. The average Bonchev–Trinajstić information content (AvgIpc) is 3.28. The lowest BCUT2D eigenvalue weighted by Gasteiger charge is -2.20. The predicted molar refractivity (Wildman–Crippen MR) is 101 cm³/mol. The van der Waals surface area contributed by atoms with Crippen LogP contribution in [0.4, 0.5) is 0 Å². The summed E-state index contributed by atoms with van der Waals surface area (Å²) < 4.78 is 11.4. The minimum atomic E-state index is -0.950. The first kappa shape index (κ1) is 16.4. The van der Waals surface area contributed by atoms with Crippen molar-refractivity contribution in [2.45, 2.75) is 25.9 Å². The zero-order valence-electron chi connectivity index (χ0n) is 15.2. The molecular weight excluding hydrogens is 342 g/mol. The fourth-order valence-electron chi connectivity index (χ4n) is 3.66. The van der Waals surface area contributed by atoms with Crippen molar-refractivity contribution >= 4 is 21.9 Å². The molecule has 1 aliphatic rings. The van der Waals surface area contributed by atoms with Crippen LogP contribution >= 0.6 is 0 Å². The zero-order valence-corrected chi connectivity index (χ0v) is 15.2. The lowest BCUT2D eigenvalue weighted by atomic mass is 9.93. The summed E-state index contributed by atoms with van der Waals surface area (Å²) in [6.07, 6.45) is 4.22. The van der Waals surface area contributed by atoms with Crippen LogP contribution in [0.15, 0.2) is 41.1 Å². The number of benzene rings is 1.